The van der Waals surface area contributed by atoms with Gasteiger partial charge < -0.3 is 9.80 Å². The third-order valence-electron chi connectivity index (χ3n) is 4.92. The van der Waals surface area contributed by atoms with Gasteiger partial charge >= 0.3 is 0 Å². The van der Waals surface area contributed by atoms with E-state index in [-0.39, 0.29) is 24.5 Å². The normalized spacial score (nSPS) is 14.2. The van der Waals surface area contributed by atoms with E-state index in [0.29, 0.717) is 15.8 Å². The van der Waals surface area contributed by atoms with Crippen LogP contribution < -0.4 is 4.90 Å². The SMILES string of the molecule is CN(Cc1ccc(N2CCCCC2)cc1)C(=O)CCC(=O)c1ccc(Cl)s1. The Morgan fingerprint density at radius 2 is 1.74 bits per heavy atom. The number of hydrogen-bond acceptors (Lipinski definition) is 4. The zero-order valence-electron chi connectivity index (χ0n) is 15.6. The number of thiophene rings is 1. The van der Waals surface area contributed by atoms with Crippen LogP contribution >= 0.6 is 22.9 Å². The van der Waals surface area contributed by atoms with Crippen LogP contribution in [0.2, 0.25) is 4.34 Å². The van der Waals surface area contributed by atoms with E-state index in [2.05, 4.69) is 29.2 Å². The highest BCUT2D eigenvalue weighted by atomic mass is 35.5. The van der Waals surface area contributed by atoms with Gasteiger partial charge in [0, 0.05) is 45.2 Å². The van der Waals surface area contributed by atoms with E-state index in [1.54, 1.807) is 24.1 Å². The third-order valence-corrected chi connectivity index (χ3v) is 6.19. The van der Waals surface area contributed by atoms with Crippen molar-refractivity contribution in [3.8, 4) is 0 Å². The van der Waals surface area contributed by atoms with Gasteiger partial charge in [0.05, 0.1) is 9.21 Å². The number of hydrogen-bond donors (Lipinski definition) is 0. The van der Waals surface area contributed by atoms with Crippen molar-refractivity contribution in [1.82, 2.24) is 4.90 Å². The summed E-state index contributed by atoms with van der Waals surface area (Å²) in [5.41, 5.74) is 2.36. The standard InChI is InChI=1S/C21H25ClN2O2S/c1-23(21(26)12-9-18(25)19-10-11-20(22)27-19)15-16-5-7-17(8-6-16)24-13-3-2-4-14-24/h5-8,10-11H,2-4,9,12-15H2,1H3. The Hall–Kier alpha value is -1.85. The Morgan fingerprint density at radius 3 is 2.37 bits per heavy atom. The summed E-state index contributed by atoms with van der Waals surface area (Å²) in [6.07, 6.45) is 4.28. The summed E-state index contributed by atoms with van der Waals surface area (Å²) in [4.78, 5) is 29.2. The van der Waals surface area contributed by atoms with Crippen molar-refractivity contribution >= 4 is 40.3 Å². The highest BCUT2D eigenvalue weighted by Gasteiger charge is 2.15. The zero-order chi connectivity index (χ0) is 19.2. The number of piperidine rings is 1. The molecular weight excluding hydrogens is 380 g/mol. The van der Waals surface area contributed by atoms with E-state index in [9.17, 15) is 9.59 Å². The number of carbonyl (C=O) groups excluding carboxylic acids is 2. The lowest BCUT2D eigenvalue weighted by molar-refractivity contribution is -0.130. The fourth-order valence-corrected chi connectivity index (χ4v) is 4.34. The maximum atomic E-state index is 12.3. The first-order valence-electron chi connectivity index (χ1n) is 9.39. The van der Waals surface area contributed by atoms with E-state index < -0.39 is 0 Å². The molecule has 27 heavy (non-hydrogen) atoms. The molecule has 1 aliphatic heterocycles. The summed E-state index contributed by atoms with van der Waals surface area (Å²) in [7, 11) is 1.79. The first-order chi connectivity index (χ1) is 13.0. The molecule has 0 bridgehead atoms. The molecule has 1 saturated heterocycles. The topological polar surface area (TPSA) is 40.6 Å². The second-order valence-electron chi connectivity index (χ2n) is 6.99. The van der Waals surface area contributed by atoms with Crippen LogP contribution in [-0.2, 0) is 11.3 Å². The number of rotatable bonds is 7. The summed E-state index contributed by atoms with van der Waals surface area (Å²) < 4.78 is 0.592. The second kappa shape index (κ2) is 9.38. The minimum atomic E-state index is -0.0282. The molecule has 4 nitrogen and oxygen atoms in total. The van der Waals surface area contributed by atoms with Gasteiger partial charge in [-0.15, -0.1) is 11.3 Å². The summed E-state index contributed by atoms with van der Waals surface area (Å²) >= 11 is 7.12. The summed E-state index contributed by atoms with van der Waals surface area (Å²) in [5, 5.41) is 0. The molecule has 0 spiro atoms. The maximum Gasteiger partial charge on any atom is 0.223 e. The fourth-order valence-electron chi connectivity index (χ4n) is 3.32. The predicted molar refractivity (Wildman–Crippen MR) is 112 cm³/mol. The number of carbonyl (C=O) groups is 2. The van der Waals surface area contributed by atoms with Crippen molar-refractivity contribution in [2.24, 2.45) is 0 Å². The summed E-state index contributed by atoms with van der Waals surface area (Å²) in [6.45, 7) is 2.81. The van der Waals surface area contributed by atoms with Gasteiger partial charge in [-0.05, 0) is 49.1 Å². The molecule has 0 atom stereocenters. The maximum absolute atomic E-state index is 12.3. The number of amides is 1. The molecule has 6 heteroatoms. The van der Waals surface area contributed by atoms with Gasteiger partial charge in [0.1, 0.15) is 0 Å². The van der Waals surface area contributed by atoms with E-state index >= 15 is 0 Å². The Morgan fingerprint density at radius 1 is 1.04 bits per heavy atom. The highest BCUT2D eigenvalue weighted by molar-refractivity contribution is 7.18. The van der Waals surface area contributed by atoms with Gasteiger partial charge in [-0.25, -0.2) is 0 Å². The molecule has 0 N–H and O–H groups in total. The number of ketones is 1. The van der Waals surface area contributed by atoms with Crippen LogP contribution in [0.25, 0.3) is 0 Å². The van der Waals surface area contributed by atoms with Crippen LogP contribution in [0.1, 0.15) is 47.3 Å². The molecule has 1 aromatic carbocycles. The largest absolute Gasteiger partial charge is 0.372 e. The molecule has 2 aromatic rings. The summed E-state index contributed by atoms with van der Waals surface area (Å²) in [5.74, 6) is -0.0503. The minimum Gasteiger partial charge on any atom is -0.372 e. The van der Waals surface area contributed by atoms with Gasteiger partial charge in [0.2, 0.25) is 5.91 Å². The zero-order valence-corrected chi connectivity index (χ0v) is 17.2. The first-order valence-corrected chi connectivity index (χ1v) is 10.6. The van der Waals surface area contributed by atoms with Crippen LogP contribution in [0.15, 0.2) is 36.4 Å². The molecule has 0 aliphatic carbocycles. The molecule has 3 rings (SSSR count). The molecule has 0 unspecified atom stereocenters. The molecule has 1 fully saturated rings. The Bertz CT molecular complexity index is 782. The average Bonchev–Trinajstić information content (AvgIpc) is 3.13. The minimum absolute atomic E-state index is 0.0221. The van der Waals surface area contributed by atoms with Crippen molar-refractivity contribution in [2.45, 2.75) is 38.6 Å². The van der Waals surface area contributed by atoms with Gasteiger partial charge in [0.25, 0.3) is 0 Å². The number of benzene rings is 1. The number of halogens is 1. The second-order valence-corrected chi connectivity index (χ2v) is 8.71. The van der Waals surface area contributed by atoms with Crippen LogP contribution in [-0.4, -0.2) is 36.7 Å². The number of anilines is 1. The van der Waals surface area contributed by atoms with Crippen LogP contribution in [0.3, 0.4) is 0 Å². The predicted octanol–water partition coefficient (Wildman–Crippen LogP) is 5.01. The Kier molecular flexibility index (Phi) is 6.91. The van der Waals surface area contributed by atoms with Crippen LogP contribution in [0.4, 0.5) is 5.69 Å². The molecule has 144 valence electrons. The Labute approximate surface area is 169 Å². The van der Waals surface area contributed by atoms with Crippen molar-refractivity contribution in [2.75, 3.05) is 25.0 Å². The van der Waals surface area contributed by atoms with Gasteiger partial charge in [0.15, 0.2) is 5.78 Å². The van der Waals surface area contributed by atoms with Crippen LogP contribution in [0.5, 0.6) is 0 Å². The molecule has 1 amide bonds. The summed E-state index contributed by atoms with van der Waals surface area (Å²) in [6, 6.07) is 11.9. The van der Waals surface area contributed by atoms with Crippen molar-refractivity contribution in [3.63, 3.8) is 0 Å². The van der Waals surface area contributed by atoms with Crippen molar-refractivity contribution in [3.05, 3.63) is 51.2 Å². The number of Topliss-reactive ketones (excluding diaryl/α,β-unsaturated/α-hetero) is 1. The fraction of sp³-hybridized carbons (Fsp3) is 0.429. The molecule has 2 heterocycles. The monoisotopic (exact) mass is 404 g/mol. The van der Waals surface area contributed by atoms with Gasteiger partial charge in [-0.2, -0.15) is 0 Å². The molecule has 1 aliphatic rings. The Balaban J connectivity index is 1.48. The van der Waals surface area contributed by atoms with E-state index in [1.165, 1.54) is 36.3 Å². The smallest absolute Gasteiger partial charge is 0.223 e. The van der Waals surface area contributed by atoms with Gasteiger partial charge in [-0.1, -0.05) is 23.7 Å². The van der Waals surface area contributed by atoms with Crippen molar-refractivity contribution in [1.29, 1.82) is 0 Å². The molecular formula is C21H25ClN2O2S. The lowest BCUT2D eigenvalue weighted by Gasteiger charge is -2.29. The highest BCUT2D eigenvalue weighted by Crippen LogP contribution is 2.23. The lowest BCUT2D eigenvalue weighted by Crippen LogP contribution is -2.29. The molecule has 0 radical (unpaired) electrons. The van der Waals surface area contributed by atoms with Gasteiger partial charge in [-0.3, -0.25) is 9.59 Å². The molecule has 1 aromatic heterocycles. The average molecular weight is 405 g/mol. The first kappa shape index (κ1) is 19.9. The van der Waals surface area contributed by atoms with E-state index in [4.69, 9.17) is 11.6 Å². The lowest BCUT2D eigenvalue weighted by atomic mass is 10.1. The number of nitrogens with zero attached hydrogens (tertiary/aromatic N) is 2. The molecule has 0 saturated carbocycles. The van der Waals surface area contributed by atoms with Crippen LogP contribution in [0, 0.1) is 0 Å². The quantitative estimate of drug-likeness (QED) is 0.609. The van der Waals surface area contributed by atoms with E-state index in [0.717, 1.165) is 18.7 Å². The van der Waals surface area contributed by atoms with Crippen molar-refractivity contribution < 1.29 is 9.59 Å². The third kappa shape index (κ3) is 5.56. The van der Waals surface area contributed by atoms with E-state index in [1.807, 2.05) is 0 Å².